The fraction of sp³-hybridized carbons (Fsp3) is 0.294. The molecule has 2 aromatic rings. The number of nitrogens with zero attached hydrogens (tertiary/aromatic N) is 1. The second-order valence-corrected chi connectivity index (χ2v) is 5.89. The van der Waals surface area contributed by atoms with Gasteiger partial charge in [-0.2, -0.15) is 5.10 Å². The molecule has 26 heavy (non-hydrogen) atoms. The summed E-state index contributed by atoms with van der Waals surface area (Å²) in [6, 6.07) is 6.84. The van der Waals surface area contributed by atoms with Crippen molar-refractivity contribution >= 4 is 23.8 Å². The number of hydrogen-bond donors (Lipinski definition) is 3. The fourth-order valence-electron chi connectivity index (χ4n) is 2.31. The topological polar surface area (TPSA) is 109 Å². The van der Waals surface area contributed by atoms with Crippen LogP contribution in [0.5, 0.6) is 5.75 Å². The molecule has 1 amide bonds. The van der Waals surface area contributed by atoms with Gasteiger partial charge in [0.2, 0.25) is 5.91 Å². The number of ether oxygens (including phenoxy) is 2. The Morgan fingerprint density at radius 3 is 2.69 bits per heavy atom. The summed E-state index contributed by atoms with van der Waals surface area (Å²) < 4.78 is 10.6. The highest BCUT2D eigenvalue weighted by Crippen LogP contribution is 2.21. The number of methoxy groups -OCH3 is 2. The molecule has 1 aromatic heterocycles. The number of rotatable bonds is 7. The maximum Gasteiger partial charge on any atom is 0.251 e. The smallest absolute Gasteiger partial charge is 0.251 e. The van der Waals surface area contributed by atoms with Gasteiger partial charge in [-0.25, -0.2) is 5.43 Å². The lowest BCUT2D eigenvalue weighted by Gasteiger charge is -2.10. The summed E-state index contributed by atoms with van der Waals surface area (Å²) in [5, 5.41) is 4.10. The lowest BCUT2D eigenvalue weighted by Crippen LogP contribution is -2.23. The molecule has 0 unspecified atom stereocenters. The van der Waals surface area contributed by atoms with E-state index >= 15 is 0 Å². The van der Waals surface area contributed by atoms with Crippen molar-refractivity contribution in [1.82, 2.24) is 15.4 Å². The van der Waals surface area contributed by atoms with Crippen LogP contribution in [0.4, 0.5) is 0 Å². The van der Waals surface area contributed by atoms with Gasteiger partial charge in [0.1, 0.15) is 5.75 Å². The average molecular weight is 376 g/mol. The molecular formula is C17H20N4O4S. The molecule has 8 nitrogen and oxygen atoms in total. The third-order valence-corrected chi connectivity index (χ3v) is 3.72. The van der Waals surface area contributed by atoms with E-state index in [-0.39, 0.29) is 22.7 Å². The van der Waals surface area contributed by atoms with Crippen LogP contribution in [0.3, 0.4) is 0 Å². The van der Waals surface area contributed by atoms with E-state index in [1.54, 1.807) is 21.1 Å². The maximum atomic E-state index is 12.0. The quantitative estimate of drug-likeness (QED) is 0.387. The molecule has 0 saturated carbocycles. The predicted octanol–water partition coefficient (Wildman–Crippen LogP) is 1.67. The fourth-order valence-corrected chi connectivity index (χ4v) is 2.54. The molecule has 0 fully saturated rings. The standard InChI is InChI=1S/C17H20N4O4S/c1-10(11-4-5-14(25-3)12(6-11)9-24-2)20-21-16(23)8-13-7-15(22)19-17(26)18-13/h4-7H,8-9H2,1-3H3,(H,21,23)(H2,18,19,22,26)/b20-10-. The van der Waals surface area contributed by atoms with Gasteiger partial charge in [0.15, 0.2) is 4.77 Å². The van der Waals surface area contributed by atoms with Gasteiger partial charge in [-0.05, 0) is 42.9 Å². The molecule has 0 bridgehead atoms. The van der Waals surface area contributed by atoms with Gasteiger partial charge in [0.05, 0.1) is 25.8 Å². The van der Waals surface area contributed by atoms with Crippen LogP contribution >= 0.6 is 12.2 Å². The summed E-state index contributed by atoms with van der Waals surface area (Å²) in [6.07, 6.45) is -0.0398. The van der Waals surface area contributed by atoms with Crippen molar-refractivity contribution in [2.75, 3.05) is 14.2 Å². The number of hydrogen-bond acceptors (Lipinski definition) is 6. The van der Waals surface area contributed by atoms with E-state index in [0.29, 0.717) is 18.0 Å². The Morgan fingerprint density at radius 2 is 2.04 bits per heavy atom. The zero-order valence-corrected chi connectivity index (χ0v) is 15.5. The van der Waals surface area contributed by atoms with Crippen molar-refractivity contribution in [3.63, 3.8) is 0 Å². The van der Waals surface area contributed by atoms with Crippen LogP contribution in [0.1, 0.15) is 23.7 Å². The van der Waals surface area contributed by atoms with E-state index in [9.17, 15) is 9.59 Å². The SMILES string of the molecule is COCc1cc(/C(C)=N\NC(=O)Cc2cc(=O)[nH]c(=S)[nH]2)ccc1OC. The third kappa shape index (κ3) is 5.36. The number of carbonyl (C=O) groups excluding carboxylic acids is 1. The minimum absolute atomic E-state index is 0.0398. The van der Waals surface area contributed by atoms with Crippen LogP contribution < -0.4 is 15.7 Å². The van der Waals surface area contributed by atoms with Gasteiger partial charge in [-0.1, -0.05) is 0 Å². The molecule has 0 spiro atoms. The summed E-state index contributed by atoms with van der Waals surface area (Å²) in [6.45, 7) is 2.18. The minimum Gasteiger partial charge on any atom is -0.496 e. The second-order valence-electron chi connectivity index (χ2n) is 5.48. The van der Waals surface area contributed by atoms with Gasteiger partial charge >= 0.3 is 0 Å². The molecule has 2 rings (SSSR count). The Morgan fingerprint density at radius 1 is 1.27 bits per heavy atom. The normalized spacial score (nSPS) is 11.3. The molecule has 0 saturated heterocycles. The van der Waals surface area contributed by atoms with Gasteiger partial charge < -0.3 is 14.5 Å². The van der Waals surface area contributed by atoms with Crippen LogP contribution in [0, 0.1) is 4.77 Å². The number of amides is 1. The van der Waals surface area contributed by atoms with Gasteiger partial charge in [0.25, 0.3) is 5.56 Å². The van der Waals surface area contributed by atoms with E-state index in [1.807, 2.05) is 18.2 Å². The molecule has 0 radical (unpaired) electrons. The van der Waals surface area contributed by atoms with Crippen molar-refractivity contribution in [3.8, 4) is 5.75 Å². The number of aromatic nitrogens is 2. The zero-order chi connectivity index (χ0) is 19.1. The average Bonchev–Trinajstić information content (AvgIpc) is 2.59. The molecular weight excluding hydrogens is 356 g/mol. The first-order valence-corrected chi connectivity index (χ1v) is 8.15. The van der Waals surface area contributed by atoms with Crippen molar-refractivity contribution in [1.29, 1.82) is 0 Å². The van der Waals surface area contributed by atoms with Gasteiger partial charge in [-0.3, -0.25) is 14.6 Å². The highest BCUT2D eigenvalue weighted by atomic mass is 32.1. The number of hydrazone groups is 1. The first-order chi connectivity index (χ1) is 12.4. The molecule has 1 heterocycles. The van der Waals surface area contributed by atoms with E-state index < -0.39 is 0 Å². The molecule has 1 aromatic carbocycles. The van der Waals surface area contributed by atoms with E-state index in [4.69, 9.17) is 21.7 Å². The van der Waals surface area contributed by atoms with E-state index in [0.717, 1.165) is 16.9 Å². The van der Waals surface area contributed by atoms with Crippen LogP contribution in [0.2, 0.25) is 0 Å². The summed E-state index contributed by atoms with van der Waals surface area (Å²) >= 11 is 4.87. The maximum absolute atomic E-state index is 12.0. The van der Waals surface area contributed by atoms with Gasteiger partial charge in [-0.15, -0.1) is 0 Å². The third-order valence-electron chi connectivity index (χ3n) is 3.51. The monoisotopic (exact) mass is 376 g/mol. The number of carbonyl (C=O) groups is 1. The number of H-pyrrole nitrogens is 2. The molecule has 9 heteroatoms. The number of aromatic amines is 2. The Bertz CT molecular complexity index is 905. The summed E-state index contributed by atoms with van der Waals surface area (Å²) in [5.41, 5.74) is 4.85. The summed E-state index contributed by atoms with van der Waals surface area (Å²) in [4.78, 5) is 28.5. The first-order valence-electron chi connectivity index (χ1n) is 7.74. The Kier molecular flexibility index (Phi) is 6.81. The highest BCUT2D eigenvalue weighted by Gasteiger charge is 2.08. The molecule has 0 atom stereocenters. The Labute approximate surface area is 155 Å². The van der Waals surface area contributed by atoms with Crippen LogP contribution in [0.15, 0.2) is 34.2 Å². The Balaban J connectivity index is 2.09. The summed E-state index contributed by atoms with van der Waals surface area (Å²) in [5.74, 6) is 0.350. The lowest BCUT2D eigenvalue weighted by molar-refractivity contribution is -0.120. The minimum atomic E-state index is -0.369. The van der Waals surface area contributed by atoms with Crippen molar-refractivity contribution in [2.24, 2.45) is 5.10 Å². The predicted molar refractivity (Wildman–Crippen MR) is 100 cm³/mol. The van der Waals surface area contributed by atoms with Crippen LogP contribution in [-0.2, 0) is 22.6 Å². The van der Waals surface area contributed by atoms with Crippen LogP contribution in [-0.4, -0.2) is 35.8 Å². The second kappa shape index (κ2) is 9.07. The van der Waals surface area contributed by atoms with Crippen molar-refractivity contribution < 1.29 is 14.3 Å². The number of nitrogens with one attached hydrogen (secondary N) is 3. The molecule has 0 aliphatic carbocycles. The molecule has 3 N–H and O–H groups in total. The van der Waals surface area contributed by atoms with Gasteiger partial charge in [0, 0.05) is 24.4 Å². The highest BCUT2D eigenvalue weighted by molar-refractivity contribution is 7.71. The van der Waals surface area contributed by atoms with E-state index in [1.165, 1.54) is 6.07 Å². The first kappa shape index (κ1) is 19.5. The van der Waals surface area contributed by atoms with Crippen molar-refractivity contribution in [2.45, 2.75) is 20.0 Å². The van der Waals surface area contributed by atoms with Crippen molar-refractivity contribution in [3.05, 3.63) is 56.2 Å². The largest absolute Gasteiger partial charge is 0.496 e. The van der Waals surface area contributed by atoms with E-state index in [2.05, 4.69) is 20.5 Å². The zero-order valence-electron chi connectivity index (χ0n) is 14.7. The lowest BCUT2D eigenvalue weighted by atomic mass is 10.1. The number of benzene rings is 1. The molecule has 138 valence electrons. The van der Waals surface area contributed by atoms with Crippen LogP contribution in [0.25, 0.3) is 0 Å². The molecule has 0 aliphatic rings. The Hall–Kier alpha value is -2.78. The molecule has 0 aliphatic heterocycles. The summed E-state index contributed by atoms with van der Waals surface area (Å²) in [7, 11) is 3.20.